The van der Waals surface area contributed by atoms with E-state index < -0.39 is 0 Å². The molecule has 2 aromatic heterocycles. The zero-order valence-electron chi connectivity index (χ0n) is 9.86. The summed E-state index contributed by atoms with van der Waals surface area (Å²) in [6.45, 7) is 0. The number of benzene rings is 1. The number of hydrogen-bond donors (Lipinski definition) is 1. The summed E-state index contributed by atoms with van der Waals surface area (Å²) in [7, 11) is 0. The Labute approximate surface area is 132 Å². The van der Waals surface area contributed by atoms with Crippen molar-refractivity contribution < 1.29 is 8.94 Å². The Hall–Kier alpha value is -1.43. The van der Waals surface area contributed by atoms with Crippen LogP contribution in [0, 0.1) is 0 Å². The summed E-state index contributed by atoms with van der Waals surface area (Å²) in [4.78, 5) is 0. The number of nitrogens with zero attached hydrogens (tertiary/aromatic N) is 1. The molecular weight excluding hydrogens is 367 g/mol. The summed E-state index contributed by atoms with van der Waals surface area (Å²) in [5.41, 5.74) is 7.39. The van der Waals surface area contributed by atoms with E-state index in [2.05, 4.69) is 21.1 Å². The van der Waals surface area contributed by atoms with Crippen LogP contribution in [0.5, 0.6) is 0 Å². The van der Waals surface area contributed by atoms with E-state index in [0.717, 1.165) is 0 Å². The summed E-state index contributed by atoms with van der Waals surface area (Å²) in [6, 6.07) is 8.68. The number of nitrogen functional groups attached to an aromatic ring is 1. The highest BCUT2D eigenvalue weighted by Crippen LogP contribution is 2.43. The molecule has 0 radical (unpaired) electrons. The molecule has 0 saturated carbocycles. The monoisotopic (exact) mass is 372 g/mol. The second kappa shape index (κ2) is 5.16. The SMILES string of the molecule is Nc1onc(-c2ccc(Br)o2)c1-c1c(Cl)cccc1Cl. The predicted octanol–water partition coefficient (Wildman–Crippen LogP) is 5.25. The second-order valence-corrected chi connectivity index (χ2v) is 5.57. The number of hydrogen-bond acceptors (Lipinski definition) is 4. The first-order chi connectivity index (χ1) is 9.58. The molecule has 2 N–H and O–H groups in total. The average molecular weight is 374 g/mol. The highest BCUT2D eigenvalue weighted by Gasteiger charge is 2.23. The molecule has 0 aliphatic heterocycles. The van der Waals surface area contributed by atoms with Crippen molar-refractivity contribution in [3.63, 3.8) is 0 Å². The maximum absolute atomic E-state index is 6.21. The van der Waals surface area contributed by atoms with Gasteiger partial charge in [0.05, 0.1) is 15.6 Å². The number of nitrogens with two attached hydrogens (primary N) is 1. The summed E-state index contributed by atoms with van der Waals surface area (Å²) in [5.74, 6) is 0.630. The van der Waals surface area contributed by atoms with Crippen LogP contribution in [-0.4, -0.2) is 5.16 Å². The highest BCUT2D eigenvalue weighted by atomic mass is 79.9. The van der Waals surface area contributed by atoms with Gasteiger partial charge in [-0.05, 0) is 40.2 Å². The summed E-state index contributed by atoms with van der Waals surface area (Å²) in [6.07, 6.45) is 0. The Kier molecular flexibility index (Phi) is 3.50. The Morgan fingerprint density at radius 3 is 2.35 bits per heavy atom. The summed E-state index contributed by atoms with van der Waals surface area (Å²) < 4.78 is 11.1. The first-order valence-electron chi connectivity index (χ1n) is 5.53. The van der Waals surface area contributed by atoms with E-state index in [1.165, 1.54) is 0 Å². The van der Waals surface area contributed by atoms with Crippen LogP contribution in [0.25, 0.3) is 22.6 Å². The maximum atomic E-state index is 6.21. The number of halogens is 3. The molecule has 0 unspecified atom stereocenters. The van der Waals surface area contributed by atoms with Crippen LogP contribution in [0.15, 0.2) is 43.9 Å². The fraction of sp³-hybridized carbons (Fsp3) is 0. The van der Waals surface area contributed by atoms with Gasteiger partial charge in [-0.15, -0.1) is 0 Å². The Balaban J connectivity index is 2.27. The minimum absolute atomic E-state index is 0.127. The standard InChI is InChI=1S/C13H7BrCl2N2O2/c14-9-5-4-8(19-9)12-11(13(17)20-18-12)10-6(15)2-1-3-7(10)16/h1-5H,17H2. The van der Waals surface area contributed by atoms with Crippen molar-refractivity contribution in [3.05, 3.63) is 45.0 Å². The van der Waals surface area contributed by atoms with Gasteiger partial charge in [0.15, 0.2) is 16.1 Å². The van der Waals surface area contributed by atoms with E-state index in [1.54, 1.807) is 30.3 Å². The van der Waals surface area contributed by atoms with E-state index in [-0.39, 0.29) is 5.88 Å². The first kappa shape index (κ1) is 13.5. The van der Waals surface area contributed by atoms with E-state index in [9.17, 15) is 0 Å². The van der Waals surface area contributed by atoms with Crippen LogP contribution in [-0.2, 0) is 0 Å². The first-order valence-corrected chi connectivity index (χ1v) is 7.08. The van der Waals surface area contributed by atoms with E-state index in [0.29, 0.717) is 37.3 Å². The number of rotatable bonds is 2. The van der Waals surface area contributed by atoms with Crippen LogP contribution < -0.4 is 5.73 Å². The lowest BCUT2D eigenvalue weighted by Crippen LogP contribution is -1.89. The lowest BCUT2D eigenvalue weighted by molar-refractivity contribution is 0.435. The van der Waals surface area contributed by atoms with Crippen molar-refractivity contribution in [1.29, 1.82) is 0 Å². The molecular formula is C13H7BrCl2N2O2. The van der Waals surface area contributed by atoms with Gasteiger partial charge in [-0.1, -0.05) is 34.4 Å². The molecule has 0 aliphatic rings. The van der Waals surface area contributed by atoms with Gasteiger partial charge in [-0.25, -0.2) is 0 Å². The molecule has 2 heterocycles. The third-order valence-corrected chi connectivity index (χ3v) is 3.79. The van der Waals surface area contributed by atoms with Crippen molar-refractivity contribution in [2.45, 2.75) is 0 Å². The molecule has 20 heavy (non-hydrogen) atoms. The molecule has 7 heteroatoms. The minimum atomic E-state index is 0.127. The fourth-order valence-electron chi connectivity index (χ4n) is 1.89. The van der Waals surface area contributed by atoms with E-state index >= 15 is 0 Å². The van der Waals surface area contributed by atoms with Crippen LogP contribution in [0.2, 0.25) is 10.0 Å². The van der Waals surface area contributed by atoms with Crippen molar-refractivity contribution in [3.8, 4) is 22.6 Å². The lowest BCUT2D eigenvalue weighted by atomic mass is 10.0. The van der Waals surface area contributed by atoms with Crippen molar-refractivity contribution in [2.24, 2.45) is 0 Å². The molecule has 1 aromatic carbocycles. The Morgan fingerprint density at radius 1 is 1.05 bits per heavy atom. The van der Waals surface area contributed by atoms with Crippen molar-refractivity contribution in [2.75, 3.05) is 5.73 Å². The molecule has 4 nitrogen and oxygen atoms in total. The zero-order valence-corrected chi connectivity index (χ0v) is 13.0. The largest absolute Gasteiger partial charge is 0.448 e. The molecule has 0 aliphatic carbocycles. The number of furan rings is 1. The minimum Gasteiger partial charge on any atom is -0.448 e. The van der Waals surface area contributed by atoms with Gasteiger partial charge in [-0.2, -0.15) is 0 Å². The molecule has 3 aromatic rings. The van der Waals surface area contributed by atoms with E-state index in [4.69, 9.17) is 37.9 Å². The van der Waals surface area contributed by atoms with Gasteiger partial charge < -0.3 is 14.7 Å². The molecule has 3 rings (SSSR count). The Bertz CT molecular complexity index is 762. The predicted molar refractivity (Wildman–Crippen MR) is 81.8 cm³/mol. The van der Waals surface area contributed by atoms with Crippen LogP contribution >= 0.6 is 39.1 Å². The van der Waals surface area contributed by atoms with Crippen LogP contribution in [0.1, 0.15) is 0 Å². The second-order valence-electron chi connectivity index (χ2n) is 3.97. The van der Waals surface area contributed by atoms with Crippen LogP contribution in [0.4, 0.5) is 5.88 Å². The summed E-state index contributed by atoms with van der Waals surface area (Å²) >= 11 is 15.7. The van der Waals surface area contributed by atoms with Gasteiger partial charge in [0.1, 0.15) is 0 Å². The normalized spacial score (nSPS) is 10.9. The highest BCUT2D eigenvalue weighted by molar-refractivity contribution is 9.10. The molecule has 0 amide bonds. The molecule has 0 spiro atoms. The van der Waals surface area contributed by atoms with Crippen molar-refractivity contribution in [1.82, 2.24) is 5.16 Å². The number of anilines is 1. The molecule has 0 saturated heterocycles. The average Bonchev–Trinajstić information content (AvgIpc) is 2.97. The summed E-state index contributed by atoms with van der Waals surface area (Å²) in [5, 5.41) is 4.84. The van der Waals surface area contributed by atoms with Gasteiger partial charge >= 0.3 is 0 Å². The lowest BCUT2D eigenvalue weighted by Gasteiger charge is -2.06. The third-order valence-electron chi connectivity index (χ3n) is 2.74. The quantitative estimate of drug-likeness (QED) is 0.665. The topological polar surface area (TPSA) is 65.2 Å². The van der Waals surface area contributed by atoms with Crippen LogP contribution in [0.3, 0.4) is 0 Å². The van der Waals surface area contributed by atoms with E-state index in [1.807, 2.05) is 0 Å². The number of aromatic nitrogens is 1. The Morgan fingerprint density at radius 2 is 1.75 bits per heavy atom. The molecule has 0 bridgehead atoms. The third kappa shape index (κ3) is 2.22. The van der Waals surface area contributed by atoms with Gasteiger partial charge in [-0.3, -0.25) is 0 Å². The molecule has 0 fully saturated rings. The smallest absolute Gasteiger partial charge is 0.230 e. The zero-order chi connectivity index (χ0) is 14.3. The maximum Gasteiger partial charge on any atom is 0.230 e. The fourth-order valence-corrected chi connectivity index (χ4v) is 2.78. The molecule has 0 atom stereocenters. The van der Waals surface area contributed by atoms with Gasteiger partial charge in [0.2, 0.25) is 5.88 Å². The molecule has 102 valence electrons. The van der Waals surface area contributed by atoms with Gasteiger partial charge in [0, 0.05) is 5.56 Å². The van der Waals surface area contributed by atoms with Gasteiger partial charge in [0.25, 0.3) is 0 Å². The van der Waals surface area contributed by atoms with Crippen molar-refractivity contribution >= 4 is 45.0 Å².